The van der Waals surface area contributed by atoms with Crippen LogP contribution in [-0.4, -0.2) is 20.1 Å². The van der Waals surface area contributed by atoms with Gasteiger partial charge in [0.2, 0.25) is 5.91 Å². The average molecular weight is 612 g/mol. The van der Waals surface area contributed by atoms with Crippen LogP contribution in [0.4, 0.5) is 0 Å². The summed E-state index contributed by atoms with van der Waals surface area (Å²) in [5.41, 5.74) is 8.17. The molecular weight excluding hydrogens is 579 g/mol. The van der Waals surface area contributed by atoms with Gasteiger partial charge in [-0.2, -0.15) is 11.8 Å². The lowest BCUT2D eigenvalue weighted by Crippen LogP contribution is -2.30. The van der Waals surface area contributed by atoms with Gasteiger partial charge in [-0.3, -0.25) is 4.79 Å². The molecule has 0 spiro atoms. The van der Waals surface area contributed by atoms with Crippen LogP contribution in [0.5, 0.6) is 0 Å². The Morgan fingerprint density at radius 1 is 0.714 bits per heavy atom. The van der Waals surface area contributed by atoms with Crippen molar-refractivity contribution in [1.29, 1.82) is 0 Å². The highest BCUT2D eigenvalue weighted by Crippen LogP contribution is 2.28. The topological polar surface area (TPSA) is 63.2 Å². The normalized spacial score (nSPS) is 11.3. The highest BCUT2D eigenvalue weighted by Gasteiger charge is 2.19. The summed E-state index contributed by atoms with van der Waals surface area (Å²) in [7, 11) is -3.85. The fraction of sp³-hybridized carbons (Fsp3) is 0.171. The van der Waals surface area contributed by atoms with Gasteiger partial charge in [0, 0.05) is 12.2 Å². The highest BCUT2D eigenvalue weighted by atomic mass is 32.2. The number of nitrogens with one attached hydrogen (secondary N) is 1. The third-order valence-electron chi connectivity index (χ3n) is 6.96. The maximum Gasteiger partial charge on any atom is 0.273 e. The Kier molecular flexibility index (Phi) is 10.3. The molecule has 1 heterocycles. The van der Waals surface area contributed by atoms with Crippen LogP contribution in [-0.2, 0) is 39.8 Å². The zero-order valence-electron chi connectivity index (χ0n) is 23.2. The van der Waals surface area contributed by atoms with Crippen LogP contribution in [0.1, 0.15) is 34.2 Å². The molecule has 42 heavy (non-hydrogen) atoms. The number of thiophene rings is 1. The molecule has 0 atom stereocenters. The summed E-state index contributed by atoms with van der Waals surface area (Å²) in [6.45, 7) is 0. The molecule has 5 aromatic rings. The lowest BCUT2D eigenvalue weighted by Gasteiger charge is -2.14. The second kappa shape index (κ2) is 14.5. The number of sulfonamides is 1. The Morgan fingerprint density at radius 2 is 1.40 bits per heavy atom. The zero-order valence-corrected chi connectivity index (χ0v) is 25.7. The minimum Gasteiger partial charge on any atom is -0.274 e. The first-order valence-corrected chi connectivity index (χ1v) is 17.4. The largest absolute Gasteiger partial charge is 0.274 e. The molecule has 5 rings (SSSR count). The van der Waals surface area contributed by atoms with E-state index in [0.29, 0.717) is 6.42 Å². The summed E-state index contributed by atoms with van der Waals surface area (Å²) in [6, 6.07) is 39.0. The van der Waals surface area contributed by atoms with Crippen LogP contribution in [0.2, 0.25) is 0 Å². The third kappa shape index (κ3) is 8.44. The van der Waals surface area contributed by atoms with E-state index in [1.807, 2.05) is 36.0 Å². The van der Waals surface area contributed by atoms with Gasteiger partial charge in [-0.15, -0.1) is 11.3 Å². The molecular formula is C35H33NO3S3. The summed E-state index contributed by atoms with van der Waals surface area (Å²) in [5, 5.41) is 1.68. The molecule has 214 valence electrons. The van der Waals surface area contributed by atoms with Crippen LogP contribution in [0.15, 0.2) is 125 Å². The van der Waals surface area contributed by atoms with Crippen molar-refractivity contribution in [3.63, 3.8) is 0 Å². The predicted octanol–water partition coefficient (Wildman–Crippen LogP) is 7.92. The minimum absolute atomic E-state index is 0.0720. The summed E-state index contributed by atoms with van der Waals surface area (Å²) in [5.74, 6) is 1.52. The minimum atomic E-state index is -3.85. The molecule has 0 unspecified atom stereocenters. The van der Waals surface area contributed by atoms with Crippen LogP contribution >= 0.6 is 23.1 Å². The van der Waals surface area contributed by atoms with E-state index in [1.165, 1.54) is 22.8 Å². The molecule has 4 aromatic carbocycles. The van der Waals surface area contributed by atoms with E-state index in [-0.39, 0.29) is 10.6 Å². The second-order valence-corrected chi connectivity index (χ2v) is 14.1. The predicted molar refractivity (Wildman–Crippen MR) is 175 cm³/mol. The number of benzene rings is 4. The molecule has 1 aromatic heterocycles. The van der Waals surface area contributed by atoms with Gasteiger partial charge >= 0.3 is 0 Å². The summed E-state index contributed by atoms with van der Waals surface area (Å²) < 4.78 is 27.4. The summed E-state index contributed by atoms with van der Waals surface area (Å²) in [4.78, 5) is 12.7. The van der Waals surface area contributed by atoms with Crippen molar-refractivity contribution in [2.24, 2.45) is 0 Å². The Bertz CT molecular complexity index is 1680. The fourth-order valence-electron chi connectivity index (χ4n) is 4.80. The number of rotatable bonds is 13. The van der Waals surface area contributed by atoms with Gasteiger partial charge in [0.15, 0.2) is 0 Å². The number of aryl methyl sites for hydroxylation is 2. The first kappa shape index (κ1) is 29.8. The zero-order chi connectivity index (χ0) is 29.2. The molecule has 0 aliphatic carbocycles. The third-order valence-corrected chi connectivity index (χ3v) is 10.8. The number of hydrogen-bond acceptors (Lipinski definition) is 5. The van der Waals surface area contributed by atoms with Gasteiger partial charge in [-0.1, -0.05) is 109 Å². The van der Waals surface area contributed by atoms with Crippen molar-refractivity contribution in [1.82, 2.24) is 4.72 Å². The highest BCUT2D eigenvalue weighted by molar-refractivity contribution is 7.98. The molecule has 0 radical (unpaired) electrons. The molecule has 1 amide bonds. The van der Waals surface area contributed by atoms with Crippen LogP contribution < -0.4 is 4.72 Å². The second-order valence-electron chi connectivity index (χ2n) is 10.1. The van der Waals surface area contributed by atoms with E-state index in [9.17, 15) is 13.2 Å². The molecule has 0 saturated carbocycles. The number of amides is 1. The molecule has 4 nitrogen and oxygen atoms in total. The standard InChI is InChI=1S/C35H33NO3S3/c37-34(36-42(38,39)35-12-7-22-41-35)20-18-32-25-30(24-28-10-5-2-6-11-28)15-19-33(32)31-16-13-29(14-17-31)26-40-23-21-27-8-3-1-4-9-27/h1-17,19,22,25H,18,20-21,23-24,26H2,(H,36,37). The van der Waals surface area contributed by atoms with Crippen molar-refractivity contribution in [2.75, 3.05) is 5.75 Å². The average Bonchev–Trinajstić information content (AvgIpc) is 3.56. The summed E-state index contributed by atoms with van der Waals surface area (Å²) >= 11 is 3.02. The maximum atomic E-state index is 12.7. The van der Waals surface area contributed by atoms with Gasteiger partial charge < -0.3 is 0 Å². The molecule has 0 fully saturated rings. The van der Waals surface area contributed by atoms with E-state index in [0.717, 1.165) is 57.9 Å². The Morgan fingerprint density at radius 3 is 2.10 bits per heavy atom. The monoisotopic (exact) mass is 611 g/mol. The van der Waals surface area contributed by atoms with Crippen molar-refractivity contribution in [2.45, 2.75) is 35.6 Å². The van der Waals surface area contributed by atoms with E-state index in [4.69, 9.17) is 0 Å². The first-order valence-electron chi connectivity index (χ1n) is 13.9. The SMILES string of the molecule is O=C(CCc1cc(Cc2ccccc2)ccc1-c1ccc(CSCCc2ccccc2)cc1)NS(=O)(=O)c1cccs1. The first-order chi connectivity index (χ1) is 20.5. The maximum absolute atomic E-state index is 12.7. The Balaban J connectivity index is 1.28. The molecule has 1 N–H and O–H groups in total. The van der Waals surface area contributed by atoms with E-state index in [1.54, 1.807) is 11.4 Å². The van der Waals surface area contributed by atoms with Gasteiger partial charge in [0.25, 0.3) is 10.0 Å². The van der Waals surface area contributed by atoms with Crippen molar-refractivity contribution in [3.05, 3.63) is 148 Å². The van der Waals surface area contributed by atoms with E-state index >= 15 is 0 Å². The van der Waals surface area contributed by atoms with Gasteiger partial charge in [-0.25, -0.2) is 13.1 Å². The lowest BCUT2D eigenvalue weighted by atomic mass is 9.92. The Labute approximate surface area is 256 Å². The van der Waals surface area contributed by atoms with Crippen LogP contribution in [0, 0.1) is 0 Å². The Hall–Kier alpha value is -3.65. The van der Waals surface area contributed by atoms with Crippen molar-refractivity contribution in [3.8, 4) is 11.1 Å². The quantitative estimate of drug-likeness (QED) is 0.137. The van der Waals surface area contributed by atoms with Crippen molar-refractivity contribution < 1.29 is 13.2 Å². The molecule has 0 saturated heterocycles. The molecule has 0 aliphatic rings. The summed E-state index contributed by atoms with van der Waals surface area (Å²) in [6.07, 6.45) is 2.35. The lowest BCUT2D eigenvalue weighted by molar-refractivity contribution is -0.119. The van der Waals surface area contributed by atoms with Gasteiger partial charge in [0.1, 0.15) is 4.21 Å². The van der Waals surface area contributed by atoms with Crippen molar-refractivity contribution >= 4 is 39.0 Å². The van der Waals surface area contributed by atoms with Gasteiger partial charge in [0.05, 0.1) is 0 Å². The molecule has 0 aliphatic heterocycles. The molecule has 7 heteroatoms. The van der Waals surface area contributed by atoms with Gasteiger partial charge in [-0.05, 0) is 75.4 Å². The number of carbonyl (C=O) groups excluding carboxylic acids is 1. The molecule has 0 bridgehead atoms. The smallest absolute Gasteiger partial charge is 0.273 e. The van der Waals surface area contributed by atoms with E-state index < -0.39 is 15.9 Å². The fourth-order valence-corrected chi connectivity index (χ4v) is 7.76. The van der Waals surface area contributed by atoms with E-state index in [2.05, 4.69) is 83.6 Å². The van der Waals surface area contributed by atoms with Crippen LogP contribution in [0.25, 0.3) is 11.1 Å². The van der Waals surface area contributed by atoms with Crippen LogP contribution in [0.3, 0.4) is 0 Å². The number of hydrogen-bond donors (Lipinski definition) is 1. The number of thioether (sulfide) groups is 1. The number of carbonyl (C=O) groups is 1.